The molecule has 4 nitrogen and oxygen atoms in total. The molecule has 0 spiro atoms. The fourth-order valence-electron chi connectivity index (χ4n) is 1.64. The predicted molar refractivity (Wildman–Crippen MR) is 89.9 cm³/mol. The minimum Gasteiger partial charge on any atom is -0.479 e. The molecule has 0 fully saturated rings. The average molecular weight is 356 g/mol. The van der Waals surface area contributed by atoms with E-state index in [2.05, 4.69) is 10.6 Å². The summed E-state index contributed by atoms with van der Waals surface area (Å²) in [6.07, 6.45) is -0.639. The quantitative estimate of drug-likeness (QED) is 0.789. The third-order valence-corrected chi connectivity index (χ3v) is 3.53. The van der Waals surface area contributed by atoms with Gasteiger partial charge in [0.05, 0.1) is 5.02 Å². The van der Waals surface area contributed by atoms with Crippen molar-refractivity contribution in [3.63, 3.8) is 0 Å². The van der Waals surface area contributed by atoms with E-state index in [-0.39, 0.29) is 24.4 Å². The smallest absolute Gasteiger partial charge is 0.260 e. The Balaban J connectivity index is 0.00000400. The van der Waals surface area contributed by atoms with Gasteiger partial charge in [-0.15, -0.1) is 12.4 Å². The molecule has 0 aliphatic heterocycles. The topological polar surface area (TPSA) is 50.4 Å². The lowest BCUT2D eigenvalue weighted by molar-refractivity contribution is -0.127. The fraction of sp³-hybridized carbons (Fsp3) is 0.500. The highest BCUT2D eigenvalue weighted by atomic mass is 35.5. The number of halogens is 3. The molecule has 1 amide bonds. The van der Waals surface area contributed by atoms with Crippen LogP contribution in [0.15, 0.2) is 18.2 Å². The molecule has 0 heterocycles. The summed E-state index contributed by atoms with van der Waals surface area (Å²) in [4.78, 5) is 11.9. The van der Waals surface area contributed by atoms with Crippen LogP contribution in [0.4, 0.5) is 0 Å². The Morgan fingerprint density at radius 1 is 1.33 bits per heavy atom. The molecule has 0 saturated carbocycles. The van der Waals surface area contributed by atoms with E-state index in [0.717, 1.165) is 6.54 Å². The lowest BCUT2D eigenvalue weighted by atomic mass is 10.3. The maximum atomic E-state index is 11.9. The van der Waals surface area contributed by atoms with Gasteiger partial charge in [-0.25, -0.2) is 0 Å². The molecule has 0 aliphatic carbocycles. The number of carbonyl (C=O) groups is 1. The van der Waals surface area contributed by atoms with Crippen molar-refractivity contribution in [2.24, 2.45) is 0 Å². The Labute approximate surface area is 141 Å². The average Bonchev–Trinajstić information content (AvgIpc) is 2.41. The lowest BCUT2D eigenvalue weighted by Gasteiger charge is -2.18. The molecule has 1 aromatic carbocycles. The van der Waals surface area contributed by atoms with Gasteiger partial charge in [-0.2, -0.15) is 0 Å². The molecule has 0 aromatic heterocycles. The van der Waals surface area contributed by atoms with Gasteiger partial charge in [0.1, 0.15) is 10.8 Å². The standard InChI is InChI=1S/C14H20Cl2N2O2.ClH/c1-4-17-9(2)8-18-14(19)10(3)20-12-7-5-6-11(15)13(12)16;/h5-7,9-10,17H,4,8H2,1-3H3,(H,18,19);1H/t9-,10?;/m1./s1. The van der Waals surface area contributed by atoms with Crippen LogP contribution in [-0.4, -0.2) is 31.1 Å². The number of rotatable bonds is 7. The second kappa shape index (κ2) is 10.1. The van der Waals surface area contributed by atoms with Gasteiger partial charge in [0.2, 0.25) is 0 Å². The monoisotopic (exact) mass is 354 g/mol. The molecular formula is C14H21Cl3N2O2. The Morgan fingerprint density at radius 2 is 2.00 bits per heavy atom. The second-order valence-corrected chi connectivity index (χ2v) is 5.30. The van der Waals surface area contributed by atoms with Crippen LogP contribution < -0.4 is 15.4 Å². The van der Waals surface area contributed by atoms with Crippen molar-refractivity contribution in [2.45, 2.75) is 32.9 Å². The van der Waals surface area contributed by atoms with Crippen molar-refractivity contribution < 1.29 is 9.53 Å². The maximum Gasteiger partial charge on any atom is 0.260 e. The normalized spacial score (nSPS) is 13.0. The summed E-state index contributed by atoms with van der Waals surface area (Å²) < 4.78 is 5.53. The SMILES string of the molecule is CCN[C@H](C)CNC(=O)C(C)Oc1cccc(Cl)c1Cl.Cl. The molecular weight excluding hydrogens is 335 g/mol. The Kier molecular flexibility index (Phi) is 9.79. The number of ether oxygens (including phenoxy) is 1. The molecule has 0 saturated heterocycles. The highest BCUT2D eigenvalue weighted by Crippen LogP contribution is 2.31. The van der Waals surface area contributed by atoms with E-state index < -0.39 is 6.10 Å². The first-order valence-electron chi connectivity index (χ1n) is 6.57. The summed E-state index contributed by atoms with van der Waals surface area (Å²) in [6.45, 7) is 7.10. The summed E-state index contributed by atoms with van der Waals surface area (Å²) in [5.74, 6) is 0.215. The maximum absolute atomic E-state index is 11.9. The third kappa shape index (κ3) is 6.74. The highest BCUT2D eigenvalue weighted by molar-refractivity contribution is 6.42. The molecule has 0 aliphatic rings. The number of carbonyl (C=O) groups excluding carboxylic acids is 1. The van der Waals surface area contributed by atoms with E-state index in [0.29, 0.717) is 22.3 Å². The molecule has 21 heavy (non-hydrogen) atoms. The van der Waals surface area contributed by atoms with Crippen molar-refractivity contribution in [2.75, 3.05) is 13.1 Å². The van der Waals surface area contributed by atoms with Crippen LogP contribution in [0, 0.1) is 0 Å². The minimum absolute atomic E-state index is 0. The molecule has 2 atom stereocenters. The van der Waals surface area contributed by atoms with Crippen LogP contribution in [0.1, 0.15) is 20.8 Å². The summed E-state index contributed by atoms with van der Waals surface area (Å²) in [5.41, 5.74) is 0. The van der Waals surface area contributed by atoms with Gasteiger partial charge in [0.15, 0.2) is 6.10 Å². The first-order valence-corrected chi connectivity index (χ1v) is 7.33. The zero-order valence-corrected chi connectivity index (χ0v) is 14.6. The van der Waals surface area contributed by atoms with Gasteiger partial charge in [-0.3, -0.25) is 4.79 Å². The van der Waals surface area contributed by atoms with E-state index in [1.165, 1.54) is 0 Å². The zero-order chi connectivity index (χ0) is 15.1. The summed E-state index contributed by atoms with van der Waals surface area (Å²) in [7, 11) is 0. The number of likely N-dealkylation sites (N-methyl/N-ethyl adjacent to an activating group) is 1. The van der Waals surface area contributed by atoms with E-state index in [1.807, 2.05) is 13.8 Å². The molecule has 0 radical (unpaired) electrons. The Hall–Kier alpha value is -0.680. The molecule has 120 valence electrons. The van der Waals surface area contributed by atoms with Crippen LogP contribution in [0.5, 0.6) is 5.75 Å². The Morgan fingerprint density at radius 3 is 2.62 bits per heavy atom. The second-order valence-electron chi connectivity index (χ2n) is 4.52. The summed E-state index contributed by atoms with van der Waals surface area (Å²) in [6, 6.07) is 5.28. The van der Waals surface area contributed by atoms with Crippen LogP contribution in [-0.2, 0) is 4.79 Å². The van der Waals surface area contributed by atoms with Crippen LogP contribution in [0.2, 0.25) is 10.0 Å². The third-order valence-electron chi connectivity index (χ3n) is 2.72. The van der Waals surface area contributed by atoms with Crippen molar-refractivity contribution in [3.8, 4) is 5.75 Å². The van der Waals surface area contributed by atoms with E-state index >= 15 is 0 Å². The number of nitrogens with one attached hydrogen (secondary N) is 2. The number of benzene rings is 1. The molecule has 1 aromatic rings. The number of hydrogen-bond donors (Lipinski definition) is 2. The zero-order valence-electron chi connectivity index (χ0n) is 12.3. The van der Waals surface area contributed by atoms with Gasteiger partial charge in [-0.05, 0) is 32.5 Å². The summed E-state index contributed by atoms with van der Waals surface area (Å²) in [5, 5.41) is 6.75. The fourth-order valence-corrected chi connectivity index (χ4v) is 1.97. The largest absolute Gasteiger partial charge is 0.479 e. The van der Waals surface area contributed by atoms with E-state index in [1.54, 1.807) is 25.1 Å². The van der Waals surface area contributed by atoms with Crippen LogP contribution in [0.3, 0.4) is 0 Å². The highest BCUT2D eigenvalue weighted by Gasteiger charge is 2.17. The van der Waals surface area contributed by atoms with Crippen LogP contribution in [0.25, 0.3) is 0 Å². The van der Waals surface area contributed by atoms with Crippen molar-refractivity contribution in [3.05, 3.63) is 28.2 Å². The first-order chi connectivity index (χ1) is 9.45. The summed E-state index contributed by atoms with van der Waals surface area (Å²) >= 11 is 11.9. The lowest BCUT2D eigenvalue weighted by Crippen LogP contribution is -2.43. The van der Waals surface area contributed by atoms with Crippen molar-refractivity contribution >= 4 is 41.5 Å². The Bertz CT molecular complexity index is 458. The number of hydrogen-bond acceptors (Lipinski definition) is 3. The van der Waals surface area contributed by atoms with Gasteiger partial charge >= 0.3 is 0 Å². The van der Waals surface area contributed by atoms with Crippen molar-refractivity contribution in [1.82, 2.24) is 10.6 Å². The van der Waals surface area contributed by atoms with E-state index in [4.69, 9.17) is 27.9 Å². The minimum atomic E-state index is -0.639. The molecule has 7 heteroatoms. The van der Waals surface area contributed by atoms with Gasteiger partial charge in [0.25, 0.3) is 5.91 Å². The van der Waals surface area contributed by atoms with Crippen LogP contribution >= 0.6 is 35.6 Å². The molecule has 1 unspecified atom stereocenters. The predicted octanol–water partition coefficient (Wildman–Crippen LogP) is 3.30. The number of amides is 1. The van der Waals surface area contributed by atoms with Gasteiger partial charge in [0, 0.05) is 12.6 Å². The van der Waals surface area contributed by atoms with E-state index in [9.17, 15) is 4.79 Å². The molecule has 2 N–H and O–H groups in total. The van der Waals surface area contributed by atoms with Gasteiger partial charge < -0.3 is 15.4 Å². The molecule has 1 rings (SSSR count). The van der Waals surface area contributed by atoms with Gasteiger partial charge in [-0.1, -0.05) is 36.2 Å². The molecule has 0 bridgehead atoms. The van der Waals surface area contributed by atoms with Crippen molar-refractivity contribution in [1.29, 1.82) is 0 Å². The first kappa shape index (κ1) is 20.3.